The van der Waals surface area contributed by atoms with E-state index in [1.54, 1.807) is 0 Å². The third kappa shape index (κ3) is 7.69. The SMILES string of the molecule is CCCCCCC(CCCCC)C(=O)NN. The maximum Gasteiger partial charge on any atom is 0.236 e. The van der Waals surface area contributed by atoms with Crippen molar-refractivity contribution in [1.29, 1.82) is 0 Å². The van der Waals surface area contributed by atoms with Crippen molar-refractivity contribution in [2.75, 3.05) is 0 Å². The Balaban J connectivity index is 3.77. The number of nitrogens with one attached hydrogen (secondary N) is 1. The molecule has 3 heteroatoms. The van der Waals surface area contributed by atoms with Gasteiger partial charge in [0, 0.05) is 5.92 Å². The van der Waals surface area contributed by atoms with E-state index in [1.165, 1.54) is 32.1 Å². The summed E-state index contributed by atoms with van der Waals surface area (Å²) in [7, 11) is 0. The topological polar surface area (TPSA) is 55.1 Å². The molecular formula is C13H28N2O. The minimum atomic E-state index is 0.0209. The van der Waals surface area contributed by atoms with Crippen LogP contribution in [-0.4, -0.2) is 5.91 Å². The highest BCUT2D eigenvalue weighted by atomic mass is 16.2. The second-order valence-electron chi connectivity index (χ2n) is 4.55. The second-order valence-corrected chi connectivity index (χ2v) is 4.55. The Morgan fingerprint density at radius 1 is 1.00 bits per heavy atom. The number of unbranched alkanes of at least 4 members (excludes halogenated alkanes) is 5. The Morgan fingerprint density at radius 3 is 2.00 bits per heavy atom. The van der Waals surface area contributed by atoms with Gasteiger partial charge in [-0.1, -0.05) is 58.8 Å². The summed E-state index contributed by atoms with van der Waals surface area (Å²) in [5.74, 6) is 5.36. The van der Waals surface area contributed by atoms with Gasteiger partial charge >= 0.3 is 0 Å². The summed E-state index contributed by atoms with van der Waals surface area (Å²) in [6.45, 7) is 4.38. The minimum absolute atomic E-state index is 0.0209. The molecular weight excluding hydrogens is 200 g/mol. The van der Waals surface area contributed by atoms with E-state index in [1.807, 2.05) is 0 Å². The van der Waals surface area contributed by atoms with Crippen molar-refractivity contribution in [2.45, 2.75) is 71.6 Å². The van der Waals surface area contributed by atoms with E-state index in [9.17, 15) is 4.79 Å². The number of nitrogens with two attached hydrogens (primary N) is 1. The molecule has 0 saturated heterocycles. The van der Waals surface area contributed by atoms with Crippen LogP contribution in [0.2, 0.25) is 0 Å². The molecule has 3 nitrogen and oxygen atoms in total. The Hall–Kier alpha value is -0.570. The van der Waals surface area contributed by atoms with E-state index in [2.05, 4.69) is 19.3 Å². The standard InChI is InChI=1S/C13H28N2O/c1-3-5-7-9-11-12(13(16)15-14)10-8-6-4-2/h12H,3-11,14H2,1-2H3,(H,15,16). The van der Waals surface area contributed by atoms with E-state index in [0.29, 0.717) is 0 Å². The molecule has 0 radical (unpaired) electrons. The van der Waals surface area contributed by atoms with Gasteiger partial charge in [-0.05, 0) is 12.8 Å². The number of hydrazine groups is 1. The van der Waals surface area contributed by atoms with E-state index in [-0.39, 0.29) is 11.8 Å². The highest BCUT2D eigenvalue weighted by Gasteiger charge is 2.16. The fourth-order valence-corrected chi connectivity index (χ4v) is 1.98. The largest absolute Gasteiger partial charge is 0.294 e. The van der Waals surface area contributed by atoms with Gasteiger partial charge in [0.2, 0.25) is 5.91 Å². The van der Waals surface area contributed by atoms with Crippen LogP contribution in [0.3, 0.4) is 0 Å². The Labute approximate surface area is 100 Å². The number of rotatable bonds is 10. The number of amides is 1. The molecule has 1 atom stereocenters. The van der Waals surface area contributed by atoms with Gasteiger partial charge in [0.05, 0.1) is 0 Å². The van der Waals surface area contributed by atoms with Crippen LogP contribution in [0.1, 0.15) is 71.6 Å². The lowest BCUT2D eigenvalue weighted by molar-refractivity contribution is -0.125. The summed E-state index contributed by atoms with van der Waals surface area (Å²) in [4.78, 5) is 11.5. The lowest BCUT2D eigenvalue weighted by Gasteiger charge is -2.14. The minimum Gasteiger partial charge on any atom is -0.294 e. The van der Waals surface area contributed by atoms with Gasteiger partial charge in [-0.25, -0.2) is 5.84 Å². The van der Waals surface area contributed by atoms with E-state index >= 15 is 0 Å². The summed E-state index contributed by atoms with van der Waals surface area (Å²) in [6.07, 6.45) is 10.4. The second kappa shape index (κ2) is 10.9. The lowest BCUT2D eigenvalue weighted by atomic mass is 9.94. The quantitative estimate of drug-likeness (QED) is 0.261. The maximum absolute atomic E-state index is 11.5. The molecule has 0 saturated carbocycles. The average Bonchev–Trinajstić information content (AvgIpc) is 2.31. The average molecular weight is 228 g/mol. The van der Waals surface area contributed by atoms with Gasteiger partial charge in [0.15, 0.2) is 0 Å². The Morgan fingerprint density at radius 2 is 1.50 bits per heavy atom. The number of carbonyl (C=O) groups excluding carboxylic acids is 1. The van der Waals surface area contributed by atoms with Crippen LogP contribution in [0.15, 0.2) is 0 Å². The predicted molar refractivity (Wildman–Crippen MR) is 68.7 cm³/mol. The third-order valence-electron chi connectivity index (χ3n) is 3.08. The van der Waals surface area contributed by atoms with Gasteiger partial charge in [-0.15, -0.1) is 0 Å². The van der Waals surface area contributed by atoms with Crippen LogP contribution >= 0.6 is 0 Å². The van der Waals surface area contributed by atoms with Crippen LogP contribution in [0, 0.1) is 5.92 Å². The molecule has 0 aliphatic carbocycles. The molecule has 0 aromatic heterocycles. The molecule has 1 amide bonds. The molecule has 16 heavy (non-hydrogen) atoms. The first-order valence-electron chi connectivity index (χ1n) is 6.76. The van der Waals surface area contributed by atoms with Crippen molar-refractivity contribution in [3.05, 3.63) is 0 Å². The van der Waals surface area contributed by atoms with Crippen molar-refractivity contribution in [3.63, 3.8) is 0 Å². The van der Waals surface area contributed by atoms with Gasteiger partial charge < -0.3 is 0 Å². The van der Waals surface area contributed by atoms with Gasteiger partial charge in [-0.3, -0.25) is 10.2 Å². The normalized spacial score (nSPS) is 12.4. The third-order valence-corrected chi connectivity index (χ3v) is 3.08. The first kappa shape index (κ1) is 15.4. The Kier molecular flexibility index (Phi) is 10.5. The predicted octanol–water partition coefficient (Wildman–Crippen LogP) is 3.14. The molecule has 3 N–H and O–H groups in total. The van der Waals surface area contributed by atoms with E-state index < -0.39 is 0 Å². The summed E-state index contributed by atoms with van der Waals surface area (Å²) in [5.41, 5.74) is 2.29. The lowest BCUT2D eigenvalue weighted by Crippen LogP contribution is -2.35. The highest BCUT2D eigenvalue weighted by Crippen LogP contribution is 2.17. The van der Waals surface area contributed by atoms with Gasteiger partial charge in [-0.2, -0.15) is 0 Å². The smallest absolute Gasteiger partial charge is 0.236 e. The molecule has 1 unspecified atom stereocenters. The molecule has 0 aliphatic heterocycles. The van der Waals surface area contributed by atoms with E-state index in [4.69, 9.17) is 5.84 Å². The number of carbonyl (C=O) groups is 1. The van der Waals surface area contributed by atoms with Crippen LogP contribution < -0.4 is 11.3 Å². The molecule has 0 aromatic rings. The Bertz CT molecular complexity index is 171. The first-order chi connectivity index (χ1) is 7.76. The molecule has 0 bridgehead atoms. The molecule has 0 aromatic carbocycles. The number of hydrogen-bond donors (Lipinski definition) is 2. The summed E-state index contributed by atoms with van der Waals surface area (Å²) >= 11 is 0. The molecule has 0 spiro atoms. The van der Waals surface area contributed by atoms with Gasteiger partial charge in [0.25, 0.3) is 0 Å². The zero-order chi connectivity index (χ0) is 12.2. The first-order valence-corrected chi connectivity index (χ1v) is 6.76. The summed E-state index contributed by atoms with van der Waals surface area (Å²) in [5, 5.41) is 0. The van der Waals surface area contributed by atoms with Crippen molar-refractivity contribution in [1.82, 2.24) is 5.43 Å². The molecule has 0 rings (SSSR count). The van der Waals surface area contributed by atoms with Crippen LogP contribution in [0.5, 0.6) is 0 Å². The molecule has 0 heterocycles. The molecule has 0 aliphatic rings. The summed E-state index contributed by atoms with van der Waals surface area (Å²) < 4.78 is 0. The van der Waals surface area contributed by atoms with Crippen LogP contribution in [0.4, 0.5) is 0 Å². The fourth-order valence-electron chi connectivity index (χ4n) is 1.98. The highest BCUT2D eigenvalue weighted by molar-refractivity contribution is 5.77. The van der Waals surface area contributed by atoms with Crippen LogP contribution in [-0.2, 0) is 4.79 Å². The number of hydrogen-bond acceptors (Lipinski definition) is 2. The molecule has 96 valence electrons. The zero-order valence-electron chi connectivity index (χ0n) is 10.9. The van der Waals surface area contributed by atoms with E-state index in [0.717, 1.165) is 25.7 Å². The van der Waals surface area contributed by atoms with Crippen molar-refractivity contribution < 1.29 is 4.79 Å². The van der Waals surface area contributed by atoms with Crippen molar-refractivity contribution in [3.8, 4) is 0 Å². The van der Waals surface area contributed by atoms with Crippen LogP contribution in [0.25, 0.3) is 0 Å². The molecule has 0 fully saturated rings. The monoisotopic (exact) mass is 228 g/mol. The van der Waals surface area contributed by atoms with Crippen molar-refractivity contribution in [2.24, 2.45) is 11.8 Å². The van der Waals surface area contributed by atoms with Crippen molar-refractivity contribution >= 4 is 5.91 Å². The summed E-state index contributed by atoms with van der Waals surface area (Å²) in [6, 6.07) is 0. The zero-order valence-corrected chi connectivity index (χ0v) is 10.9. The maximum atomic E-state index is 11.5. The fraction of sp³-hybridized carbons (Fsp3) is 0.923. The van der Waals surface area contributed by atoms with Gasteiger partial charge in [0.1, 0.15) is 0 Å².